The van der Waals surface area contributed by atoms with Crippen molar-refractivity contribution in [2.45, 2.75) is 32.3 Å². The molecule has 1 aromatic rings. The lowest BCUT2D eigenvalue weighted by Crippen LogP contribution is -2.36. The van der Waals surface area contributed by atoms with Crippen molar-refractivity contribution in [1.29, 1.82) is 0 Å². The van der Waals surface area contributed by atoms with E-state index in [0.29, 0.717) is 5.56 Å². The summed E-state index contributed by atoms with van der Waals surface area (Å²) in [6.07, 6.45) is -0.536. The second-order valence-corrected chi connectivity index (χ2v) is 5.67. The molecule has 0 fully saturated rings. The molecule has 7 heteroatoms. The standard InChI is InChI=1S/C14H21N3O4/c1-14(2,3)21-13(18)16-9-11(8-15)10-5-4-6-12(7-10)17(19)20/h4-7,11H,8-9,15H2,1-3H3,(H,16,18). The lowest BCUT2D eigenvalue weighted by Gasteiger charge is -2.21. The second-order valence-electron chi connectivity index (χ2n) is 5.67. The third-order valence-corrected chi connectivity index (χ3v) is 2.73. The summed E-state index contributed by atoms with van der Waals surface area (Å²) in [4.78, 5) is 21.9. The fourth-order valence-electron chi connectivity index (χ4n) is 1.75. The first-order valence-electron chi connectivity index (χ1n) is 6.64. The molecule has 0 spiro atoms. The van der Waals surface area contributed by atoms with Crippen molar-refractivity contribution >= 4 is 11.8 Å². The first-order valence-corrected chi connectivity index (χ1v) is 6.64. The number of non-ortho nitro benzene ring substituents is 1. The van der Waals surface area contributed by atoms with Gasteiger partial charge in [0.25, 0.3) is 5.69 Å². The normalized spacial score (nSPS) is 12.6. The number of nitrogens with two attached hydrogens (primary N) is 1. The number of hydrogen-bond acceptors (Lipinski definition) is 5. The summed E-state index contributed by atoms with van der Waals surface area (Å²) in [5, 5.41) is 13.4. The van der Waals surface area contributed by atoms with E-state index >= 15 is 0 Å². The molecule has 0 radical (unpaired) electrons. The maximum atomic E-state index is 11.6. The van der Waals surface area contributed by atoms with Crippen LogP contribution in [0.2, 0.25) is 0 Å². The Balaban J connectivity index is 2.69. The fraction of sp³-hybridized carbons (Fsp3) is 0.500. The van der Waals surface area contributed by atoms with E-state index in [1.165, 1.54) is 12.1 Å². The first kappa shape index (κ1) is 16.9. The highest BCUT2D eigenvalue weighted by Crippen LogP contribution is 2.20. The molecule has 0 bridgehead atoms. The van der Waals surface area contributed by atoms with Crippen molar-refractivity contribution in [3.63, 3.8) is 0 Å². The second kappa shape index (κ2) is 7.03. The van der Waals surface area contributed by atoms with E-state index in [1.54, 1.807) is 32.9 Å². The van der Waals surface area contributed by atoms with Gasteiger partial charge in [-0.2, -0.15) is 0 Å². The Morgan fingerprint density at radius 2 is 2.14 bits per heavy atom. The van der Waals surface area contributed by atoms with Crippen LogP contribution in [0.3, 0.4) is 0 Å². The van der Waals surface area contributed by atoms with Gasteiger partial charge in [0.1, 0.15) is 5.60 Å². The van der Waals surface area contributed by atoms with Gasteiger partial charge >= 0.3 is 6.09 Å². The largest absolute Gasteiger partial charge is 0.444 e. The smallest absolute Gasteiger partial charge is 0.407 e. The molecule has 1 aromatic carbocycles. The molecule has 1 atom stereocenters. The molecule has 0 aliphatic rings. The van der Waals surface area contributed by atoms with Crippen LogP contribution in [-0.4, -0.2) is 29.7 Å². The van der Waals surface area contributed by atoms with Crippen LogP contribution in [0.25, 0.3) is 0 Å². The van der Waals surface area contributed by atoms with E-state index in [-0.39, 0.29) is 24.7 Å². The number of amides is 1. The van der Waals surface area contributed by atoms with Gasteiger partial charge in [0.2, 0.25) is 0 Å². The van der Waals surface area contributed by atoms with Crippen LogP contribution in [-0.2, 0) is 4.74 Å². The Hall–Kier alpha value is -2.15. The fourth-order valence-corrected chi connectivity index (χ4v) is 1.75. The highest BCUT2D eigenvalue weighted by Gasteiger charge is 2.18. The molecule has 0 saturated carbocycles. The molecule has 21 heavy (non-hydrogen) atoms. The minimum Gasteiger partial charge on any atom is -0.444 e. The number of ether oxygens (including phenoxy) is 1. The van der Waals surface area contributed by atoms with Crippen molar-refractivity contribution in [3.8, 4) is 0 Å². The van der Waals surface area contributed by atoms with Crippen LogP contribution >= 0.6 is 0 Å². The molecule has 0 aromatic heterocycles. The summed E-state index contributed by atoms with van der Waals surface area (Å²) < 4.78 is 5.13. The number of nitro benzene ring substituents is 1. The van der Waals surface area contributed by atoms with Crippen LogP contribution in [0, 0.1) is 10.1 Å². The summed E-state index contributed by atoms with van der Waals surface area (Å²) in [5.74, 6) is -0.211. The lowest BCUT2D eigenvalue weighted by molar-refractivity contribution is -0.384. The maximum Gasteiger partial charge on any atom is 0.407 e. The van der Waals surface area contributed by atoms with E-state index in [1.807, 2.05) is 0 Å². The van der Waals surface area contributed by atoms with Gasteiger partial charge < -0.3 is 15.8 Å². The summed E-state index contributed by atoms with van der Waals surface area (Å²) in [7, 11) is 0. The third kappa shape index (κ3) is 5.78. The number of nitro groups is 1. The molecule has 7 nitrogen and oxygen atoms in total. The Labute approximate surface area is 123 Å². The number of nitrogens with one attached hydrogen (secondary N) is 1. The molecule has 116 valence electrons. The molecule has 3 N–H and O–H groups in total. The van der Waals surface area contributed by atoms with Gasteiger partial charge in [-0.05, 0) is 26.3 Å². The zero-order valence-electron chi connectivity index (χ0n) is 12.5. The molecule has 0 aliphatic carbocycles. The Kier molecular flexibility index (Phi) is 5.66. The quantitative estimate of drug-likeness (QED) is 0.639. The van der Waals surface area contributed by atoms with Gasteiger partial charge in [0, 0.05) is 31.1 Å². The van der Waals surface area contributed by atoms with Crippen LogP contribution in [0.15, 0.2) is 24.3 Å². The van der Waals surface area contributed by atoms with Crippen LogP contribution in [0.1, 0.15) is 32.3 Å². The van der Waals surface area contributed by atoms with Crippen molar-refractivity contribution < 1.29 is 14.5 Å². The van der Waals surface area contributed by atoms with Gasteiger partial charge in [0.15, 0.2) is 0 Å². The van der Waals surface area contributed by atoms with Gasteiger partial charge in [-0.25, -0.2) is 4.79 Å². The summed E-state index contributed by atoms with van der Waals surface area (Å²) >= 11 is 0. The Morgan fingerprint density at radius 3 is 2.67 bits per heavy atom. The van der Waals surface area contributed by atoms with E-state index in [4.69, 9.17) is 10.5 Å². The van der Waals surface area contributed by atoms with E-state index in [9.17, 15) is 14.9 Å². The predicted molar refractivity (Wildman–Crippen MR) is 79.1 cm³/mol. The highest BCUT2D eigenvalue weighted by molar-refractivity contribution is 5.67. The minimum atomic E-state index is -0.576. The molecule has 1 unspecified atom stereocenters. The first-order chi connectivity index (χ1) is 9.73. The zero-order chi connectivity index (χ0) is 16.0. The van der Waals surface area contributed by atoms with Crippen LogP contribution in [0.5, 0.6) is 0 Å². The number of alkyl carbamates (subject to hydrolysis) is 1. The maximum absolute atomic E-state index is 11.6. The minimum absolute atomic E-state index is 0.00298. The van der Waals surface area contributed by atoms with E-state index in [0.717, 1.165) is 0 Å². The average Bonchev–Trinajstić information content (AvgIpc) is 2.37. The number of rotatable bonds is 5. The summed E-state index contributed by atoms with van der Waals surface area (Å²) in [6.45, 7) is 5.83. The van der Waals surface area contributed by atoms with Gasteiger partial charge in [0.05, 0.1) is 4.92 Å². The number of carbonyl (C=O) groups excluding carboxylic acids is 1. The molecule has 0 saturated heterocycles. The average molecular weight is 295 g/mol. The number of benzene rings is 1. The number of nitrogens with zero attached hydrogens (tertiary/aromatic N) is 1. The number of hydrogen-bond donors (Lipinski definition) is 2. The SMILES string of the molecule is CC(C)(C)OC(=O)NCC(CN)c1cccc([N+](=O)[O-])c1. The molecule has 0 heterocycles. The summed E-state index contributed by atoms with van der Waals surface area (Å²) in [5.41, 5.74) is 5.82. The van der Waals surface area contributed by atoms with Crippen LogP contribution < -0.4 is 11.1 Å². The van der Waals surface area contributed by atoms with Gasteiger partial charge in [-0.3, -0.25) is 10.1 Å². The van der Waals surface area contributed by atoms with Gasteiger partial charge in [-0.1, -0.05) is 12.1 Å². The third-order valence-electron chi connectivity index (χ3n) is 2.73. The Morgan fingerprint density at radius 1 is 1.48 bits per heavy atom. The molecular weight excluding hydrogens is 274 g/mol. The highest BCUT2D eigenvalue weighted by atomic mass is 16.6. The van der Waals surface area contributed by atoms with E-state index in [2.05, 4.69) is 5.32 Å². The molecule has 1 amide bonds. The molecule has 0 aliphatic heterocycles. The number of carbonyl (C=O) groups is 1. The predicted octanol–water partition coefficient (Wildman–Crippen LogP) is 2.16. The van der Waals surface area contributed by atoms with Crippen molar-refractivity contribution in [2.75, 3.05) is 13.1 Å². The summed E-state index contributed by atoms with van der Waals surface area (Å²) in [6, 6.07) is 6.23. The Bertz CT molecular complexity index is 511. The molecule has 1 rings (SSSR count). The van der Waals surface area contributed by atoms with E-state index < -0.39 is 16.6 Å². The van der Waals surface area contributed by atoms with Crippen LogP contribution in [0.4, 0.5) is 10.5 Å². The molecular formula is C14H21N3O4. The topological polar surface area (TPSA) is 107 Å². The van der Waals surface area contributed by atoms with Crippen molar-refractivity contribution in [1.82, 2.24) is 5.32 Å². The van der Waals surface area contributed by atoms with Crippen molar-refractivity contribution in [3.05, 3.63) is 39.9 Å². The zero-order valence-corrected chi connectivity index (χ0v) is 12.5. The monoisotopic (exact) mass is 295 g/mol. The lowest BCUT2D eigenvalue weighted by atomic mass is 9.99. The van der Waals surface area contributed by atoms with Crippen molar-refractivity contribution in [2.24, 2.45) is 5.73 Å². The van der Waals surface area contributed by atoms with Gasteiger partial charge in [-0.15, -0.1) is 0 Å².